The number of benzene rings is 5. The molecule has 3 aliphatic rings. The smallest absolute Gasteiger partial charge is 0.282 e. The Balaban J connectivity index is 1.18. The second kappa shape index (κ2) is 8.23. The summed E-state index contributed by atoms with van der Waals surface area (Å²) >= 11 is 0. The van der Waals surface area contributed by atoms with Gasteiger partial charge in [0.1, 0.15) is 0 Å². The SMILES string of the molecule is O=c1c2cc(-c3ccc4c(c3)c3ccccc3n4-c3ccccc3)ccc2n2c3cc4c(cc3c(=O)n12)C1CCC4CC1. The number of aromatic nitrogens is 3. The molecule has 0 N–H and O–H groups in total. The molecule has 0 spiro atoms. The molecular formula is C38H27N3O2. The lowest BCUT2D eigenvalue weighted by Gasteiger charge is -2.38. The van der Waals surface area contributed by atoms with Gasteiger partial charge in [-0.3, -0.25) is 9.59 Å². The monoisotopic (exact) mass is 557 g/mol. The van der Waals surface area contributed by atoms with Gasteiger partial charge in [0.25, 0.3) is 11.1 Å². The maximum Gasteiger partial charge on any atom is 0.282 e. The van der Waals surface area contributed by atoms with E-state index in [1.165, 1.54) is 46.7 Å². The summed E-state index contributed by atoms with van der Waals surface area (Å²) in [5.41, 5.74) is 9.32. The van der Waals surface area contributed by atoms with Crippen molar-refractivity contribution in [1.82, 2.24) is 13.6 Å². The molecular weight excluding hydrogens is 530 g/mol. The molecule has 0 atom stereocenters. The van der Waals surface area contributed by atoms with Crippen molar-refractivity contribution in [2.45, 2.75) is 37.5 Å². The van der Waals surface area contributed by atoms with Gasteiger partial charge in [-0.05, 0) is 114 Å². The Morgan fingerprint density at radius 3 is 1.79 bits per heavy atom. The van der Waals surface area contributed by atoms with Crippen LogP contribution in [0.3, 0.4) is 0 Å². The minimum absolute atomic E-state index is 0.211. The molecule has 43 heavy (non-hydrogen) atoms. The van der Waals surface area contributed by atoms with Gasteiger partial charge >= 0.3 is 0 Å². The van der Waals surface area contributed by atoms with Crippen LogP contribution in [0.5, 0.6) is 0 Å². The molecule has 5 heteroatoms. The van der Waals surface area contributed by atoms with Crippen LogP contribution in [0.15, 0.2) is 113 Å². The highest BCUT2D eigenvalue weighted by Gasteiger charge is 2.34. The zero-order chi connectivity index (χ0) is 28.4. The van der Waals surface area contributed by atoms with Gasteiger partial charge in [-0.1, -0.05) is 48.5 Å². The highest BCUT2D eigenvalue weighted by Crippen LogP contribution is 2.50. The lowest BCUT2D eigenvalue weighted by Crippen LogP contribution is -2.22. The van der Waals surface area contributed by atoms with E-state index in [0.29, 0.717) is 22.6 Å². The van der Waals surface area contributed by atoms with Crippen molar-refractivity contribution in [1.29, 1.82) is 0 Å². The fourth-order valence-corrected chi connectivity index (χ4v) is 8.32. The Bertz CT molecular complexity index is 2560. The predicted octanol–water partition coefficient (Wildman–Crippen LogP) is 8.02. The van der Waals surface area contributed by atoms with Crippen LogP contribution >= 0.6 is 0 Å². The third kappa shape index (κ3) is 3.01. The molecule has 206 valence electrons. The Morgan fingerprint density at radius 1 is 0.465 bits per heavy atom. The summed E-state index contributed by atoms with van der Waals surface area (Å²) in [6.45, 7) is 0. The maximum absolute atomic E-state index is 13.8. The van der Waals surface area contributed by atoms with Gasteiger partial charge in [-0.25, -0.2) is 4.52 Å². The number of hydrogen-bond acceptors (Lipinski definition) is 2. The summed E-state index contributed by atoms with van der Waals surface area (Å²) in [5.74, 6) is 1.12. The van der Waals surface area contributed by atoms with Crippen LogP contribution in [0.1, 0.15) is 48.6 Å². The predicted molar refractivity (Wildman–Crippen MR) is 173 cm³/mol. The van der Waals surface area contributed by atoms with Crippen LogP contribution in [0.4, 0.5) is 0 Å². The molecule has 0 unspecified atom stereocenters. The van der Waals surface area contributed by atoms with E-state index < -0.39 is 0 Å². The zero-order valence-electron chi connectivity index (χ0n) is 23.5. The van der Waals surface area contributed by atoms with E-state index in [2.05, 4.69) is 89.5 Å². The van der Waals surface area contributed by atoms with Crippen molar-refractivity contribution in [3.63, 3.8) is 0 Å². The fourth-order valence-electron chi connectivity index (χ4n) is 8.32. The van der Waals surface area contributed by atoms with E-state index >= 15 is 0 Å². The lowest BCUT2D eigenvalue weighted by molar-refractivity contribution is 0.359. The summed E-state index contributed by atoms with van der Waals surface area (Å²) in [4.78, 5) is 27.5. The van der Waals surface area contributed by atoms with Crippen LogP contribution in [0.2, 0.25) is 0 Å². The van der Waals surface area contributed by atoms with Gasteiger partial charge < -0.3 is 4.57 Å². The molecule has 0 radical (unpaired) electrons. The Morgan fingerprint density at radius 2 is 1.05 bits per heavy atom. The summed E-state index contributed by atoms with van der Waals surface area (Å²) in [5, 5.41) is 3.58. The van der Waals surface area contributed by atoms with Gasteiger partial charge in [0, 0.05) is 16.5 Å². The van der Waals surface area contributed by atoms with E-state index in [1.54, 1.807) is 0 Å². The van der Waals surface area contributed by atoms with E-state index in [1.807, 2.05) is 22.7 Å². The highest BCUT2D eigenvalue weighted by molar-refractivity contribution is 6.10. The van der Waals surface area contributed by atoms with Crippen molar-refractivity contribution >= 4 is 43.6 Å². The summed E-state index contributed by atoms with van der Waals surface area (Å²) in [6.07, 6.45) is 4.87. The minimum Gasteiger partial charge on any atom is -0.309 e. The topological polar surface area (TPSA) is 47.9 Å². The molecule has 0 amide bonds. The van der Waals surface area contributed by atoms with Gasteiger partial charge in [0.2, 0.25) is 0 Å². The quantitative estimate of drug-likeness (QED) is 0.216. The van der Waals surface area contributed by atoms with Crippen molar-refractivity contribution in [2.75, 3.05) is 0 Å². The van der Waals surface area contributed by atoms with Crippen molar-refractivity contribution in [3.8, 4) is 16.8 Å². The third-order valence-corrected chi connectivity index (χ3v) is 10.3. The Kier molecular flexibility index (Phi) is 4.48. The fraction of sp³-hybridized carbons (Fsp3) is 0.158. The first-order valence-electron chi connectivity index (χ1n) is 15.3. The highest BCUT2D eigenvalue weighted by atomic mass is 16.2. The van der Waals surface area contributed by atoms with Crippen molar-refractivity contribution in [2.24, 2.45) is 0 Å². The molecule has 1 fully saturated rings. The van der Waals surface area contributed by atoms with Crippen LogP contribution in [0, 0.1) is 0 Å². The van der Waals surface area contributed by atoms with Crippen molar-refractivity contribution in [3.05, 3.63) is 135 Å². The standard InChI is InChI=1S/C38H27N3O2/c42-37-31-19-25(24-14-16-34-30(18-24)27-8-4-5-9-33(27)39(34)26-6-2-1-3-7-26)15-17-35(31)40-36-21-29-23-12-10-22(11-13-23)28(29)20-32(36)38(43)41(37)40/h1-9,14-23H,10-13H2. The number of para-hydroxylation sites is 2. The molecule has 2 bridgehead atoms. The summed E-state index contributed by atoms with van der Waals surface area (Å²) < 4.78 is 5.51. The Hall–Kier alpha value is -5.16. The molecule has 5 aromatic carbocycles. The summed E-state index contributed by atoms with van der Waals surface area (Å²) in [7, 11) is 0. The normalized spacial score (nSPS) is 18.0. The molecule has 3 aromatic heterocycles. The first-order valence-corrected chi connectivity index (χ1v) is 15.3. The lowest BCUT2D eigenvalue weighted by atomic mass is 9.67. The first-order chi connectivity index (χ1) is 21.2. The minimum atomic E-state index is -0.249. The largest absolute Gasteiger partial charge is 0.309 e. The van der Waals surface area contributed by atoms with E-state index in [0.717, 1.165) is 44.3 Å². The molecule has 0 aliphatic heterocycles. The van der Waals surface area contributed by atoms with Crippen LogP contribution in [0.25, 0.3) is 60.4 Å². The summed E-state index contributed by atoms with van der Waals surface area (Å²) in [6, 6.07) is 35.8. The maximum atomic E-state index is 13.8. The number of rotatable bonds is 2. The first kappa shape index (κ1) is 23.4. The van der Waals surface area contributed by atoms with Crippen LogP contribution in [-0.2, 0) is 0 Å². The van der Waals surface area contributed by atoms with Gasteiger partial charge in [0.15, 0.2) is 0 Å². The molecule has 0 saturated heterocycles. The van der Waals surface area contributed by atoms with Gasteiger partial charge in [-0.2, -0.15) is 4.52 Å². The molecule has 5 nitrogen and oxygen atoms in total. The molecule has 11 rings (SSSR count). The second-order valence-electron chi connectivity index (χ2n) is 12.4. The Labute approximate surface area is 246 Å². The van der Waals surface area contributed by atoms with E-state index in [4.69, 9.17) is 0 Å². The number of fused-ring (bicyclic) bond motifs is 10. The average molecular weight is 558 g/mol. The molecule has 8 aromatic rings. The molecule has 3 heterocycles. The van der Waals surface area contributed by atoms with Crippen LogP contribution in [-0.4, -0.2) is 13.6 Å². The van der Waals surface area contributed by atoms with Gasteiger partial charge in [0.05, 0.1) is 32.8 Å². The third-order valence-electron chi connectivity index (χ3n) is 10.3. The van der Waals surface area contributed by atoms with Crippen LogP contribution < -0.4 is 11.1 Å². The number of nitrogens with zero attached hydrogens (tertiary/aromatic N) is 3. The van der Waals surface area contributed by atoms with Crippen molar-refractivity contribution < 1.29 is 0 Å². The average Bonchev–Trinajstić information content (AvgIpc) is 3.66. The second-order valence-corrected chi connectivity index (χ2v) is 12.4. The van der Waals surface area contributed by atoms with E-state index in [9.17, 15) is 9.59 Å². The molecule has 1 saturated carbocycles. The zero-order valence-corrected chi connectivity index (χ0v) is 23.5. The van der Waals surface area contributed by atoms with Gasteiger partial charge in [-0.15, -0.1) is 0 Å². The molecule has 3 aliphatic carbocycles. The van der Waals surface area contributed by atoms with E-state index in [-0.39, 0.29) is 11.1 Å². The number of hydrogen-bond donors (Lipinski definition) is 0.